The molecule has 0 aliphatic rings. The lowest BCUT2D eigenvalue weighted by Gasteiger charge is -2.16. The topological polar surface area (TPSA) is 62.4 Å². The van der Waals surface area contributed by atoms with Gasteiger partial charge in [0, 0.05) is 20.2 Å². The summed E-state index contributed by atoms with van der Waals surface area (Å²) in [6.45, 7) is 5.65. The fraction of sp³-hybridized carbons (Fsp3) is 0.800. The van der Waals surface area contributed by atoms with Gasteiger partial charge in [0.15, 0.2) is 5.11 Å². The highest BCUT2D eigenvalue weighted by Crippen LogP contribution is 1.83. The summed E-state index contributed by atoms with van der Waals surface area (Å²) in [6.07, 6.45) is 0.996. The van der Waals surface area contributed by atoms with Gasteiger partial charge in [-0.1, -0.05) is 6.92 Å². The lowest BCUT2D eigenvalue weighted by molar-refractivity contribution is -0.122. The molecule has 0 fully saturated rings. The summed E-state index contributed by atoms with van der Waals surface area (Å²) in [6, 6.07) is -0.339. The fourth-order valence-corrected chi connectivity index (χ4v) is 1.26. The van der Waals surface area contributed by atoms with Crippen LogP contribution < -0.4 is 16.0 Å². The van der Waals surface area contributed by atoms with Gasteiger partial charge in [0.25, 0.3) is 0 Å². The minimum absolute atomic E-state index is 0.0855. The lowest BCUT2D eigenvalue weighted by Crippen LogP contribution is -2.48. The van der Waals surface area contributed by atoms with Crippen LogP contribution in [0.2, 0.25) is 0 Å². The Morgan fingerprint density at radius 2 is 2.06 bits per heavy atom. The van der Waals surface area contributed by atoms with Crippen LogP contribution in [0.3, 0.4) is 0 Å². The molecular formula is C10H21N3O2S. The molecule has 0 heterocycles. The Hall–Kier alpha value is -0.880. The lowest BCUT2D eigenvalue weighted by atomic mass is 10.3. The molecule has 0 saturated carbocycles. The molecule has 0 aromatic rings. The van der Waals surface area contributed by atoms with Gasteiger partial charge in [-0.15, -0.1) is 0 Å². The SMILES string of the molecule is CCCNC(=S)NC(C)C(=O)NCCOC. The van der Waals surface area contributed by atoms with Gasteiger partial charge in [-0.05, 0) is 25.6 Å². The Morgan fingerprint density at radius 3 is 2.62 bits per heavy atom. The average Bonchev–Trinajstić information content (AvgIpc) is 2.26. The van der Waals surface area contributed by atoms with Crippen LogP contribution in [-0.2, 0) is 9.53 Å². The Morgan fingerprint density at radius 1 is 1.38 bits per heavy atom. The highest BCUT2D eigenvalue weighted by Gasteiger charge is 2.12. The zero-order valence-electron chi connectivity index (χ0n) is 10.1. The molecule has 1 unspecified atom stereocenters. The molecule has 0 saturated heterocycles. The van der Waals surface area contributed by atoms with Crippen LogP contribution in [0.25, 0.3) is 0 Å². The first kappa shape index (κ1) is 15.1. The summed E-state index contributed by atoms with van der Waals surface area (Å²) in [7, 11) is 1.59. The van der Waals surface area contributed by atoms with Crippen molar-refractivity contribution in [1.82, 2.24) is 16.0 Å². The number of carbonyl (C=O) groups excluding carboxylic acids is 1. The highest BCUT2D eigenvalue weighted by atomic mass is 32.1. The van der Waals surface area contributed by atoms with E-state index < -0.39 is 0 Å². The molecule has 16 heavy (non-hydrogen) atoms. The number of carbonyl (C=O) groups is 1. The Balaban J connectivity index is 3.73. The fourth-order valence-electron chi connectivity index (χ4n) is 0.981. The molecule has 0 aliphatic carbocycles. The quantitative estimate of drug-likeness (QED) is 0.437. The molecule has 5 nitrogen and oxygen atoms in total. The maximum absolute atomic E-state index is 11.5. The van der Waals surface area contributed by atoms with Gasteiger partial charge in [-0.25, -0.2) is 0 Å². The van der Waals surface area contributed by atoms with E-state index in [1.54, 1.807) is 14.0 Å². The first-order valence-electron chi connectivity index (χ1n) is 5.42. The standard InChI is InChI=1S/C10H21N3O2S/c1-4-5-12-10(16)13-8(2)9(14)11-6-7-15-3/h8H,4-7H2,1-3H3,(H,11,14)(H2,12,13,16). The molecule has 0 aromatic carbocycles. The average molecular weight is 247 g/mol. The molecule has 0 aromatic heterocycles. The smallest absolute Gasteiger partial charge is 0.242 e. The van der Waals surface area contributed by atoms with Crippen molar-refractivity contribution >= 4 is 23.2 Å². The third-order valence-electron chi connectivity index (χ3n) is 1.88. The predicted molar refractivity (Wildman–Crippen MR) is 68.4 cm³/mol. The minimum atomic E-state index is -0.339. The van der Waals surface area contributed by atoms with Gasteiger partial charge in [0.2, 0.25) is 5.91 Å². The number of ether oxygens (including phenoxy) is 1. The zero-order chi connectivity index (χ0) is 12.4. The van der Waals surface area contributed by atoms with E-state index >= 15 is 0 Å². The van der Waals surface area contributed by atoms with E-state index in [1.807, 2.05) is 0 Å². The molecule has 0 aliphatic heterocycles. The van der Waals surface area contributed by atoms with E-state index in [1.165, 1.54) is 0 Å². The molecule has 94 valence electrons. The van der Waals surface area contributed by atoms with Crippen molar-refractivity contribution in [2.24, 2.45) is 0 Å². The van der Waals surface area contributed by atoms with Crippen molar-refractivity contribution in [3.05, 3.63) is 0 Å². The van der Waals surface area contributed by atoms with E-state index in [4.69, 9.17) is 17.0 Å². The maximum atomic E-state index is 11.5. The molecule has 0 radical (unpaired) electrons. The molecule has 3 N–H and O–H groups in total. The molecule has 0 rings (SSSR count). The number of thiocarbonyl (C=S) groups is 1. The summed E-state index contributed by atoms with van der Waals surface area (Å²) in [5.41, 5.74) is 0. The summed E-state index contributed by atoms with van der Waals surface area (Å²) in [5, 5.41) is 9.15. The number of rotatable bonds is 7. The number of hydrogen-bond donors (Lipinski definition) is 3. The molecule has 0 spiro atoms. The van der Waals surface area contributed by atoms with Crippen LogP contribution in [0.15, 0.2) is 0 Å². The summed E-state index contributed by atoms with van der Waals surface area (Å²) >= 11 is 5.02. The van der Waals surface area contributed by atoms with Crippen molar-refractivity contribution in [2.45, 2.75) is 26.3 Å². The monoisotopic (exact) mass is 247 g/mol. The van der Waals surface area contributed by atoms with Crippen molar-refractivity contribution in [1.29, 1.82) is 0 Å². The third kappa shape index (κ3) is 7.42. The summed E-state index contributed by atoms with van der Waals surface area (Å²) < 4.78 is 4.83. The van der Waals surface area contributed by atoms with E-state index in [-0.39, 0.29) is 11.9 Å². The number of hydrogen-bond acceptors (Lipinski definition) is 3. The van der Waals surface area contributed by atoms with Crippen molar-refractivity contribution in [2.75, 3.05) is 26.8 Å². The second-order valence-electron chi connectivity index (χ2n) is 3.41. The molecule has 1 amide bonds. The first-order valence-corrected chi connectivity index (χ1v) is 5.83. The summed E-state index contributed by atoms with van der Waals surface area (Å²) in [4.78, 5) is 11.5. The van der Waals surface area contributed by atoms with Crippen LogP contribution in [-0.4, -0.2) is 43.9 Å². The van der Waals surface area contributed by atoms with E-state index in [9.17, 15) is 4.79 Å². The van der Waals surface area contributed by atoms with Gasteiger partial charge >= 0.3 is 0 Å². The second-order valence-corrected chi connectivity index (χ2v) is 3.81. The van der Waals surface area contributed by atoms with Crippen molar-refractivity contribution in [3.8, 4) is 0 Å². The predicted octanol–water partition coefficient (Wildman–Crippen LogP) is 0.0116. The number of methoxy groups -OCH3 is 1. The largest absolute Gasteiger partial charge is 0.383 e. The van der Waals surface area contributed by atoms with Crippen LogP contribution >= 0.6 is 12.2 Å². The molecule has 1 atom stereocenters. The number of amides is 1. The van der Waals surface area contributed by atoms with Crippen LogP contribution in [0.5, 0.6) is 0 Å². The van der Waals surface area contributed by atoms with Gasteiger partial charge in [-0.3, -0.25) is 4.79 Å². The second kappa shape index (κ2) is 9.35. The first-order chi connectivity index (χ1) is 7.61. The van der Waals surface area contributed by atoms with Crippen LogP contribution in [0.4, 0.5) is 0 Å². The van der Waals surface area contributed by atoms with Gasteiger partial charge in [-0.2, -0.15) is 0 Å². The van der Waals surface area contributed by atoms with Crippen molar-refractivity contribution in [3.63, 3.8) is 0 Å². The molecule has 0 bridgehead atoms. The number of nitrogens with one attached hydrogen (secondary N) is 3. The molecule has 6 heteroatoms. The van der Waals surface area contributed by atoms with E-state index in [0.717, 1.165) is 13.0 Å². The minimum Gasteiger partial charge on any atom is -0.383 e. The Bertz CT molecular complexity index is 224. The molecular weight excluding hydrogens is 226 g/mol. The maximum Gasteiger partial charge on any atom is 0.242 e. The van der Waals surface area contributed by atoms with Gasteiger partial charge in [0.05, 0.1) is 6.61 Å². The van der Waals surface area contributed by atoms with Crippen molar-refractivity contribution < 1.29 is 9.53 Å². The van der Waals surface area contributed by atoms with E-state index in [2.05, 4.69) is 22.9 Å². The van der Waals surface area contributed by atoms with Gasteiger partial charge < -0.3 is 20.7 Å². The Kier molecular flexibility index (Phi) is 8.84. The Labute approximate surface area is 102 Å². The highest BCUT2D eigenvalue weighted by molar-refractivity contribution is 7.80. The van der Waals surface area contributed by atoms with Crippen LogP contribution in [0, 0.1) is 0 Å². The third-order valence-corrected chi connectivity index (χ3v) is 2.14. The van der Waals surface area contributed by atoms with Crippen LogP contribution in [0.1, 0.15) is 20.3 Å². The van der Waals surface area contributed by atoms with Gasteiger partial charge in [0.1, 0.15) is 6.04 Å². The zero-order valence-corrected chi connectivity index (χ0v) is 10.9. The van der Waals surface area contributed by atoms with E-state index in [0.29, 0.717) is 18.3 Å². The summed E-state index contributed by atoms with van der Waals surface area (Å²) in [5.74, 6) is -0.0855. The normalized spacial score (nSPS) is 11.7.